The molecule has 1 aromatic carbocycles. The molecule has 3 aromatic rings. The predicted molar refractivity (Wildman–Crippen MR) is 89.6 cm³/mol. The fourth-order valence-corrected chi connectivity index (χ4v) is 3.32. The van der Waals surface area contributed by atoms with Gasteiger partial charge < -0.3 is 4.90 Å². The van der Waals surface area contributed by atoms with Crippen LogP contribution in [0.1, 0.15) is 18.4 Å². The van der Waals surface area contributed by atoms with Crippen LogP contribution in [0.5, 0.6) is 0 Å². The summed E-state index contributed by atoms with van der Waals surface area (Å²) in [5.74, 6) is 1.53. The van der Waals surface area contributed by atoms with Crippen molar-refractivity contribution in [1.29, 1.82) is 0 Å². The lowest BCUT2D eigenvalue weighted by molar-refractivity contribution is 0.617. The molecule has 4 rings (SSSR count). The van der Waals surface area contributed by atoms with Crippen molar-refractivity contribution in [3.05, 3.63) is 66.8 Å². The van der Waals surface area contributed by atoms with E-state index >= 15 is 0 Å². The Bertz CT molecular complexity index is 818. The highest BCUT2D eigenvalue weighted by Crippen LogP contribution is 2.27. The van der Waals surface area contributed by atoms with Crippen LogP contribution < -0.4 is 4.90 Å². The van der Waals surface area contributed by atoms with Gasteiger partial charge in [-0.2, -0.15) is 0 Å². The first-order valence-corrected chi connectivity index (χ1v) is 8.11. The normalized spacial score (nSPS) is 17.4. The first-order chi connectivity index (χ1) is 11.8. The fourth-order valence-electron chi connectivity index (χ4n) is 3.32. The molecule has 0 saturated carbocycles. The molecule has 3 heterocycles. The Morgan fingerprint density at radius 3 is 2.92 bits per heavy atom. The molecule has 1 atom stereocenters. The Kier molecular flexibility index (Phi) is 3.94. The van der Waals surface area contributed by atoms with Crippen molar-refractivity contribution in [2.45, 2.75) is 25.3 Å². The third-order valence-electron chi connectivity index (χ3n) is 4.44. The maximum Gasteiger partial charge on any atom is 0.143 e. The molecule has 24 heavy (non-hydrogen) atoms. The molecule has 1 saturated heterocycles. The maximum atomic E-state index is 13.4. The number of hydrogen-bond donors (Lipinski definition) is 0. The van der Waals surface area contributed by atoms with Crippen molar-refractivity contribution in [2.24, 2.45) is 0 Å². The zero-order valence-corrected chi connectivity index (χ0v) is 13.2. The van der Waals surface area contributed by atoms with E-state index in [4.69, 9.17) is 0 Å². The molecule has 5 nitrogen and oxygen atoms in total. The number of hydrogen-bond acceptors (Lipinski definition) is 4. The largest absolute Gasteiger partial charge is 0.353 e. The Labute approximate surface area is 139 Å². The highest BCUT2D eigenvalue weighted by molar-refractivity contribution is 5.46. The number of halogens is 1. The molecule has 122 valence electrons. The molecular formula is C18H18FN5. The molecular weight excluding hydrogens is 305 g/mol. The fraction of sp³-hybridized carbons (Fsp3) is 0.278. The van der Waals surface area contributed by atoms with Gasteiger partial charge in [0.15, 0.2) is 0 Å². The van der Waals surface area contributed by atoms with Gasteiger partial charge in [-0.1, -0.05) is 12.1 Å². The summed E-state index contributed by atoms with van der Waals surface area (Å²) in [6, 6.07) is 9.16. The van der Waals surface area contributed by atoms with Crippen molar-refractivity contribution in [3.8, 4) is 5.82 Å². The molecule has 0 aliphatic carbocycles. The van der Waals surface area contributed by atoms with Gasteiger partial charge in [0.2, 0.25) is 0 Å². The van der Waals surface area contributed by atoms with E-state index < -0.39 is 0 Å². The number of anilines is 1. The summed E-state index contributed by atoms with van der Waals surface area (Å²) in [5, 5.41) is 0. The van der Waals surface area contributed by atoms with E-state index in [0.29, 0.717) is 6.04 Å². The Morgan fingerprint density at radius 2 is 2.08 bits per heavy atom. The molecule has 0 amide bonds. The second-order valence-corrected chi connectivity index (χ2v) is 6.03. The summed E-state index contributed by atoms with van der Waals surface area (Å²) in [6.45, 7) is 0.959. The molecule has 1 fully saturated rings. The molecule has 1 aliphatic heterocycles. The van der Waals surface area contributed by atoms with Gasteiger partial charge in [-0.05, 0) is 37.0 Å². The SMILES string of the molecule is Fc1cccc(C[C@H]2CCCN2c2cc(-n3ccnc3)ncn2)c1. The van der Waals surface area contributed by atoms with Crippen LogP contribution in [-0.4, -0.2) is 32.1 Å². The van der Waals surface area contributed by atoms with Crippen molar-refractivity contribution < 1.29 is 4.39 Å². The van der Waals surface area contributed by atoms with Crippen LogP contribution in [0.25, 0.3) is 5.82 Å². The summed E-state index contributed by atoms with van der Waals surface area (Å²) in [6.07, 6.45) is 9.92. The van der Waals surface area contributed by atoms with Crippen LogP contribution in [-0.2, 0) is 6.42 Å². The van der Waals surface area contributed by atoms with Crippen molar-refractivity contribution in [1.82, 2.24) is 19.5 Å². The molecule has 6 heteroatoms. The topological polar surface area (TPSA) is 46.8 Å². The van der Waals surface area contributed by atoms with Gasteiger partial charge in [0.25, 0.3) is 0 Å². The average molecular weight is 323 g/mol. The lowest BCUT2D eigenvalue weighted by Crippen LogP contribution is -2.31. The summed E-state index contributed by atoms with van der Waals surface area (Å²) < 4.78 is 15.3. The zero-order chi connectivity index (χ0) is 16.4. The Morgan fingerprint density at radius 1 is 1.17 bits per heavy atom. The average Bonchev–Trinajstić information content (AvgIpc) is 3.27. The van der Waals surface area contributed by atoms with Crippen molar-refractivity contribution in [2.75, 3.05) is 11.4 Å². The minimum Gasteiger partial charge on any atom is -0.353 e. The van der Waals surface area contributed by atoms with E-state index in [1.165, 1.54) is 6.07 Å². The van der Waals surface area contributed by atoms with Crippen LogP contribution >= 0.6 is 0 Å². The third-order valence-corrected chi connectivity index (χ3v) is 4.44. The minimum absolute atomic E-state index is 0.179. The quantitative estimate of drug-likeness (QED) is 0.740. The van der Waals surface area contributed by atoms with Gasteiger partial charge in [0.1, 0.15) is 30.1 Å². The first-order valence-electron chi connectivity index (χ1n) is 8.11. The van der Waals surface area contributed by atoms with Crippen LogP contribution in [0.15, 0.2) is 55.4 Å². The zero-order valence-electron chi connectivity index (χ0n) is 13.2. The van der Waals surface area contributed by atoms with Crippen LogP contribution in [0.4, 0.5) is 10.2 Å². The van der Waals surface area contributed by atoms with Crippen molar-refractivity contribution in [3.63, 3.8) is 0 Å². The highest BCUT2D eigenvalue weighted by atomic mass is 19.1. The van der Waals surface area contributed by atoms with Crippen molar-refractivity contribution >= 4 is 5.82 Å². The number of aromatic nitrogens is 4. The van der Waals surface area contributed by atoms with E-state index in [1.807, 2.05) is 22.9 Å². The summed E-state index contributed by atoms with van der Waals surface area (Å²) in [4.78, 5) is 15.1. The molecule has 0 bridgehead atoms. The highest BCUT2D eigenvalue weighted by Gasteiger charge is 2.26. The monoisotopic (exact) mass is 323 g/mol. The summed E-state index contributed by atoms with van der Waals surface area (Å²) >= 11 is 0. The smallest absolute Gasteiger partial charge is 0.143 e. The van der Waals surface area contributed by atoms with Crippen LogP contribution in [0, 0.1) is 5.82 Å². The molecule has 1 aliphatic rings. The second-order valence-electron chi connectivity index (χ2n) is 6.03. The van der Waals surface area contributed by atoms with E-state index in [9.17, 15) is 4.39 Å². The third kappa shape index (κ3) is 2.99. The Hall–Kier alpha value is -2.76. The summed E-state index contributed by atoms with van der Waals surface area (Å²) in [5.41, 5.74) is 1.02. The van der Waals surface area contributed by atoms with E-state index in [1.54, 1.807) is 31.0 Å². The van der Waals surface area contributed by atoms with Gasteiger partial charge in [-0.15, -0.1) is 0 Å². The second kappa shape index (κ2) is 6.39. The number of nitrogens with zero attached hydrogens (tertiary/aromatic N) is 5. The maximum absolute atomic E-state index is 13.4. The molecule has 0 N–H and O–H groups in total. The van der Waals surface area contributed by atoms with Crippen LogP contribution in [0.3, 0.4) is 0 Å². The standard InChI is InChI=1S/C18H18FN5/c19-15-4-1-3-14(9-15)10-16-5-2-7-24(16)18-11-17(21-12-22-18)23-8-6-20-13-23/h1,3-4,6,8-9,11-13,16H,2,5,7,10H2/t16-/m1/s1. The van der Waals surface area contributed by atoms with E-state index in [2.05, 4.69) is 19.9 Å². The van der Waals surface area contributed by atoms with E-state index in [-0.39, 0.29) is 5.82 Å². The Balaban J connectivity index is 1.57. The number of imidazole rings is 1. The summed E-state index contributed by atoms with van der Waals surface area (Å²) in [7, 11) is 0. The van der Waals surface area contributed by atoms with Gasteiger partial charge in [-0.25, -0.2) is 19.3 Å². The predicted octanol–water partition coefficient (Wildman–Crippen LogP) is 3.01. The lowest BCUT2D eigenvalue weighted by atomic mass is 10.0. The minimum atomic E-state index is -0.179. The van der Waals surface area contributed by atoms with E-state index in [0.717, 1.165) is 43.0 Å². The van der Waals surface area contributed by atoms with Gasteiger partial charge in [0.05, 0.1) is 0 Å². The molecule has 2 aromatic heterocycles. The number of benzene rings is 1. The molecule has 0 spiro atoms. The van der Waals surface area contributed by atoms with Gasteiger partial charge in [0, 0.05) is 31.0 Å². The van der Waals surface area contributed by atoms with Gasteiger partial charge >= 0.3 is 0 Å². The lowest BCUT2D eigenvalue weighted by Gasteiger charge is -2.26. The van der Waals surface area contributed by atoms with Gasteiger partial charge in [-0.3, -0.25) is 4.57 Å². The molecule has 0 unspecified atom stereocenters. The molecule has 0 radical (unpaired) electrons. The first kappa shape index (κ1) is 14.8. The van der Waals surface area contributed by atoms with Crippen LogP contribution in [0.2, 0.25) is 0 Å². The number of rotatable bonds is 4.